The quantitative estimate of drug-likeness (QED) is 0.840. The van der Waals surface area contributed by atoms with Crippen LogP contribution in [0.5, 0.6) is 5.75 Å². The first-order valence-electron chi connectivity index (χ1n) is 8.76. The summed E-state index contributed by atoms with van der Waals surface area (Å²) in [6.07, 6.45) is 2.53. The molecular weight excluding hydrogens is 306 g/mol. The van der Waals surface area contributed by atoms with Gasteiger partial charge in [0, 0.05) is 45.4 Å². The number of likely N-dealkylation sites (tertiary alicyclic amines) is 1. The number of para-hydroxylation sites is 1. The van der Waals surface area contributed by atoms with Gasteiger partial charge in [-0.15, -0.1) is 0 Å². The highest BCUT2D eigenvalue weighted by molar-refractivity contribution is 5.84. The van der Waals surface area contributed by atoms with Crippen molar-refractivity contribution in [2.45, 2.75) is 25.0 Å². The Labute approximate surface area is 143 Å². The number of benzene rings is 1. The summed E-state index contributed by atoms with van der Waals surface area (Å²) in [5, 5.41) is 6.34. The standard InChI is InChI=1S/C18H27N3O3/c1-23-14-6-10-21(11-7-14)12-8-20-18(22)17-15-4-2-3-5-16(15)24-13-9-19-17/h2-5,14,17,19H,6-13H2,1H3,(H,20,22). The Morgan fingerprint density at radius 1 is 1.38 bits per heavy atom. The molecule has 1 atom stereocenters. The smallest absolute Gasteiger partial charge is 0.241 e. The van der Waals surface area contributed by atoms with E-state index in [1.54, 1.807) is 7.11 Å². The molecule has 0 spiro atoms. The van der Waals surface area contributed by atoms with Gasteiger partial charge < -0.3 is 19.7 Å². The maximum absolute atomic E-state index is 12.6. The van der Waals surface area contributed by atoms with E-state index in [1.165, 1.54) is 0 Å². The molecule has 1 unspecified atom stereocenters. The second kappa shape index (κ2) is 8.46. The molecule has 0 saturated carbocycles. The lowest BCUT2D eigenvalue weighted by Crippen LogP contribution is -2.43. The van der Waals surface area contributed by atoms with Crippen LogP contribution in [0.25, 0.3) is 0 Å². The normalized spacial score (nSPS) is 22.3. The second-order valence-corrected chi connectivity index (χ2v) is 6.34. The summed E-state index contributed by atoms with van der Waals surface area (Å²) in [7, 11) is 1.78. The van der Waals surface area contributed by atoms with Crippen LogP contribution >= 0.6 is 0 Å². The number of carbonyl (C=O) groups is 1. The van der Waals surface area contributed by atoms with E-state index < -0.39 is 0 Å². The van der Waals surface area contributed by atoms with E-state index >= 15 is 0 Å². The van der Waals surface area contributed by atoms with Crippen LogP contribution in [0.2, 0.25) is 0 Å². The molecule has 2 aliphatic heterocycles. The number of nitrogens with zero attached hydrogens (tertiary/aromatic N) is 1. The van der Waals surface area contributed by atoms with Crippen LogP contribution in [0.15, 0.2) is 24.3 Å². The van der Waals surface area contributed by atoms with Crippen molar-refractivity contribution in [3.8, 4) is 5.75 Å². The number of hydrogen-bond donors (Lipinski definition) is 2. The number of amides is 1. The van der Waals surface area contributed by atoms with E-state index in [4.69, 9.17) is 9.47 Å². The van der Waals surface area contributed by atoms with Gasteiger partial charge in [-0.2, -0.15) is 0 Å². The molecule has 2 aliphatic rings. The molecule has 6 heteroatoms. The van der Waals surface area contributed by atoms with Crippen molar-refractivity contribution in [1.82, 2.24) is 15.5 Å². The molecule has 1 fully saturated rings. The van der Waals surface area contributed by atoms with Crippen LogP contribution in [0.4, 0.5) is 0 Å². The van der Waals surface area contributed by atoms with Gasteiger partial charge in [0.05, 0.1) is 6.10 Å². The molecule has 1 aromatic carbocycles. The number of methoxy groups -OCH3 is 1. The van der Waals surface area contributed by atoms with Crippen molar-refractivity contribution < 1.29 is 14.3 Å². The highest BCUT2D eigenvalue weighted by Crippen LogP contribution is 2.26. The van der Waals surface area contributed by atoms with Gasteiger partial charge in [0.1, 0.15) is 18.4 Å². The third-order valence-electron chi connectivity index (χ3n) is 4.80. The lowest BCUT2D eigenvalue weighted by molar-refractivity contribution is -0.123. The minimum absolute atomic E-state index is 0.0136. The molecular formula is C18H27N3O3. The fourth-order valence-electron chi connectivity index (χ4n) is 3.37. The molecule has 132 valence electrons. The van der Waals surface area contributed by atoms with Gasteiger partial charge in [0.15, 0.2) is 0 Å². The Hall–Kier alpha value is -1.63. The van der Waals surface area contributed by atoms with Gasteiger partial charge in [-0.25, -0.2) is 0 Å². The first kappa shape index (κ1) is 17.2. The number of piperidine rings is 1. The summed E-state index contributed by atoms with van der Waals surface area (Å²) in [6, 6.07) is 7.40. The molecule has 0 radical (unpaired) electrons. The van der Waals surface area contributed by atoms with Crippen LogP contribution in [-0.4, -0.2) is 63.4 Å². The fraction of sp³-hybridized carbons (Fsp3) is 0.611. The van der Waals surface area contributed by atoms with Gasteiger partial charge in [-0.05, 0) is 18.9 Å². The third-order valence-corrected chi connectivity index (χ3v) is 4.80. The zero-order chi connectivity index (χ0) is 16.8. The van der Waals surface area contributed by atoms with Gasteiger partial charge >= 0.3 is 0 Å². The maximum Gasteiger partial charge on any atom is 0.241 e. The minimum Gasteiger partial charge on any atom is -0.492 e. The monoisotopic (exact) mass is 333 g/mol. The molecule has 0 bridgehead atoms. The first-order valence-corrected chi connectivity index (χ1v) is 8.76. The molecule has 1 aromatic rings. The van der Waals surface area contributed by atoms with Crippen molar-refractivity contribution in [3.05, 3.63) is 29.8 Å². The SMILES string of the molecule is COC1CCN(CCNC(=O)C2NCCOc3ccccc32)CC1. The van der Waals surface area contributed by atoms with Crippen molar-refractivity contribution in [2.24, 2.45) is 0 Å². The van der Waals surface area contributed by atoms with E-state index in [0.717, 1.165) is 43.8 Å². The van der Waals surface area contributed by atoms with Crippen molar-refractivity contribution in [3.63, 3.8) is 0 Å². The predicted octanol–water partition coefficient (Wildman–Crippen LogP) is 0.937. The summed E-state index contributed by atoms with van der Waals surface area (Å²) < 4.78 is 11.1. The number of fused-ring (bicyclic) bond motifs is 1. The summed E-state index contributed by atoms with van der Waals surface area (Å²) in [4.78, 5) is 15.0. The summed E-state index contributed by atoms with van der Waals surface area (Å²) in [6.45, 7) is 4.86. The van der Waals surface area contributed by atoms with Crippen LogP contribution in [0.3, 0.4) is 0 Å². The molecule has 24 heavy (non-hydrogen) atoms. The third kappa shape index (κ3) is 4.26. The van der Waals surface area contributed by atoms with Crippen LogP contribution < -0.4 is 15.4 Å². The highest BCUT2D eigenvalue weighted by atomic mass is 16.5. The predicted molar refractivity (Wildman–Crippen MR) is 92.2 cm³/mol. The molecule has 3 rings (SSSR count). The summed E-state index contributed by atoms with van der Waals surface area (Å²) in [5.74, 6) is 0.809. The maximum atomic E-state index is 12.6. The molecule has 1 amide bonds. The van der Waals surface area contributed by atoms with E-state index in [9.17, 15) is 4.79 Å². The first-order chi connectivity index (χ1) is 11.8. The minimum atomic E-state index is -0.345. The lowest BCUT2D eigenvalue weighted by Gasteiger charge is -2.31. The summed E-state index contributed by atoms with van der Waals surface area (Å²) in [5.41, 5.74) is 0.911. The van der Waals surface area contributed by atoms with E-state index in [2.05, 4.69) is 15.5 Å². The van der Waals surface area contributed by atoms with Crippen LogP contribution in [0.1, 0.15) is 24.4 Å². The molecule has 0 aromatic heterocycles. The van der Waals surface area contributed by atoms with Crippen molar-refractivity contribution >= 4 is 5.91 Å². The number of rotatable bonds is 5. The Morgan fingerprint density at radius 3 is 2.96 bits per heavy atom. The Morgan fingerprint density at radius 2 is 2.17 bits per heavy atom. The average Bonchev–Trinajstić information content (AvgIpc) is 2.85. The van der Waals surface area contributed by atoms with E-state index in [-0.39, 0.29) is 11.9 Å². The molecule has 2 heterocycles. The van der Waals surface area contributed by atoms with E-state index in [0.29, 0.717) is 25.8 Å². The number of carbonyl (C=O) groups excluding carboxylic acids is 1. The van der Waals surface area contributed by atoms with E-state index in [1.807, 2.05) is 24.3 Å². The number of ether oxygens (including phenoxy) is 2. The Kier molecular flexibility index (Phi) is 6.07. The fourth-order valence-corrected chi connectivity index (χ4v) is 3.37. The number of hydrogen-bond acceptors (Lipinski definition) is 5. The molecule has 6 nitrogen and oxygen atoms in total. The van der Waals surface area contributed by atoms with Gasteiger partial charge in [0.25, 0.3) is 0 Å². The lowest BCUT2D eigenvalue weighted by atomic mass is 10.1. The van der Waals surface area contributed by atoms with Crippen LogP contribution in [-0.2, 0) is 9.53 Å². The van der Waals surface area contributed by atoms with Crippen LogP contribution in [0, 0.1) is 0 Å². The average molecular weight is 333 g/mol. The van der Waals surface area contributed by atoms with Gasteiger partial charge in [-0.1, -0.05) is 18.2 Å². The Bertz CT molecular complexity index is 544. The topological polar surface area (TPSA) is 62.8 Å². The second-order valence-electron chi connectivity index (χ2n) is 6.34. The molecule has 0 aliphatic carbocycles. The molecule has 2 N–H and O–H groups in total. The highest BCUT2D eigenvalue weighted by Gasteiger charge is 2.25. The van der Waals surface area contributed by atoms with Crippen molar-refractivity contribution in [1.29, 1.82) is 0 Å². The zero-order valence-corrected chi connectivity index (χ0v) is 14.3. The zero-order valence-electron chi connectivity index (χ0n) is 14.3. The van der Waals surface area contributed by atoms with Gasteiger partial charge in [-0.3, -0.25) is 10.1 Å². The number of nitrogens with one attached hydrogen (secondary N) is 2. The summed E-state index contributed by atoms with van der Waals surface area (Å²) >= 11 is 0. The Balaban J connectivity index is 1.49. The van der Waals surface area contributed by atoms with Gasteiger partial charge in [0.2, 0.25) is 5.91 Å². The molecule has 1 saturated heterocycles. The van der Waals surface area contributed by atoms with Crippen molar-refractivity contribution in [2.75, 3.05) is 46.4 Å². The largest absolute Gasteiger partial charge is 0.492 e.